The van der Waals surface area contributed by atoms with Gasteiger partial charge in [-0.15, -0.1) is 0 Å². The Morgan fingerprint density at radius 2 is 0.862 bits per heavy atom. The smallest absolute Gasteiger partial charge is 0.306 e. The maximum absolute atomic E-state index is 13.2. The average molecular weight is 820 g/mol. The normalized spacial score (nSPS) is 13.3. The lowest BCUT2D eigenvalue weighted by Crippen LogP contribution is -2.46. The van der Waals surface area contributed by atoms with Gasteiger partial charge in [-0.1, -0.05) is 238 Å². The highest BCUT2D eigenvalue weighted by Gasteiger charge is 2.24. The number of amides is 1. The van der Waals surface area contributed by atoms with Crippen molar-refractivity contribution in [2.45, 2.75) is 302 Å². The van der Waals surface area contributed by atoms with E-state index in [0.29, 0.717) is 19.3 Å². The number of nitrogens with one attached hydrogen (secondary N) is 1. The first-order valence-corrected chi connectivity index (χ1v) is 25.9. The largest absolute Gasteiger partial charge is 0.462 e. The Morgan fingerprint density at radius 1 is 0.483 bits per heavy atom. The molecule has 344 valence electrons. The molecule has 6 heteroatoms. The van der Waals surface area contributed by atoms with Crippen LogP contribution in [0.15, 0.2) is 12.2 Å². The number of rotatable bonds is 47. The molecule has 0 bridgehead atoms. The zero-order valence-corrected chi connectivity index (χ0v) is 39.2. The van der Waals surface area contributed by atoms with Gasteiger partial charge in [0.1, 0.15) is 6.10 Å². The second-order valence-electron chi connectivity index (χ2n) is 17.9. The van der Waals surface area contributed by atoms with Gasteiger partial charge < -0.3 is 20.3 Å². The monoisotopic (exact) mass is 820 g/mol. The summed E-state index contributed by atoms with van der Waals surface area (Å²) in [7, 11) is 0. The minimum atomic E-state index is -0.782. The molecule has 0 aromatic heterocycles. The molecule has 0 aliphatic carbocycles. The fraction of sp³-hybridized carbons (Fsp3) is 0.923. The number of hydrogen-bond donors (Lipinski definition) is 3. The Morgan fingerprint density at radius 3 is 1.29 bits per heavy atom. The molecule has 0 radical (unpaired) electrons. The number of allylic oxidation sites excluding steroid dienone is 2. The lowest BCUT2D eigenvalue weighted by atomic mass is 10.0. The van der Waals surface area contributed by atoms with E-state index in [-0.39, 0.29) is 24.9 Å². The van der Waals surface area contributed by atoms with Crippen molar-refractivity contribution in [3.8, 4) is 0 Å². The third-order valence-electron chi connectivity index (χ3n) is 12.1. The minimum absolute atomic E-state index is 0.0813. The molecule has 3 atom stereocenters. The molecule has 0 heterocycles. The highest BCUT2D eigenvalue weighted by atomic mass is 16.5. The van der Waals surface area contributed by atoms with Crippen LogP contribution in [0.4, 0.5) is 0 Å². The number of hydrogen-bond acceptors (Lipinski definition) is 5. The quantitative estimate of drug-likeness (QED) is 0.0323. The van der Waals surface area contributed by atoms with Crippen LogP contribution < -0.4 is 5.32 Å². The van der Waals surface area contributed by atoms with Crippen LogP contribution in [0, 0.1) is 0 Å². The summed E-state index contributed by atoms with van der Waals surface area (Å²) in [6.07, 6.45) is 51.3. The van der Waals surface area contributed by atoms with E-state index in [0.717, 1.165) is 57.8 Å². The topological polar surface area (TPSA) is 95.9 Å². The molecular weight excluding hydrogens is 719 g/mol. The summed E-state index contributed by atoms with van der Waals surface area (Å²) in [6.45, 7) is 6.45. The van der Waals surface area contributed by atoms with E-state index in [1.807, 2.05) is 0 Å². The van der Waals surface area contributed by atoms with Crippen LogP contribution >= 0.6 is 0 Å². The van der Waals surface area contributed by atoms with E-state index in [2.05, 4.69) is 38.2 Å². The molecular formula is C52H101NO5. The van der Waals surface area contributed by atoms with Gasteiger partial charge in [-0.25, -0.2) is 0 Å². The number of carbonyl (C=O) groups excluding carboxylic acids is 2. The van der Waals surface area contributed by atoms with E-state index in [4.69, 9.17) is 4.74 Å². The number of unbranched alkanes of at least 4 members (excludes halogenated alkanes) is 33. The van der Waals surface area contributed by atoms with Gasteiger partial charge >= 0.3 is 5.97 Å². The van der Waals surface area contributed by atoms with Gasteiger partial charge in [0.25, 0.3) is 0 Å². The van der Waals surface area contributed by atoms with Crippen molar-refractivity contribution in [3.63, 3.8) is 0 Å². The Hall–Kier alpha value is -1.40. The molecule has 0 spiro atoms. The first-order chi connectivity index (χ1) is 28.5. The van der Waals surface area contributed by atoms with Gasteiger partial charge in [0.2, 0.25) is 5.91 Å². The summed E-state index contributed by atoms with van der Waals surface area (Å²) in [5, 5.41) is 23.8. The summed E-state index contributed by atoms with van der Waals surface area (Å²) in [6, 6.07) is -0.696. The van der Waals surface area contributed by atoms with Crippen LogP contribution in [0.3, 0.4) is 0 Å². The molecule has 3 N–H and O–H groups in total. The highest BCUT2D eigenvalue weighted by Crippen LogP contribution is 2.19. The molecule has 3 unspecified atom stereocenters. The molecule has 0 aliphatic rings. The molecule has 0 aliphatic heterocycles. The molecule has 0 saturated heterocycles. The fourth-order valence-electron chi connectivity index (χ4n) is 8.14. The highest BCUT2D eigenvalue weighted by molar-refractivity contribution is 5.77. The predicted octanol–water partition coefficient (Wildman–Crippen LogP) is 15.3. The molecule has 0 saturated carbocycles. The predicted molar refractivity (Wildman–Crippen MR) is 250 cm³/mol. The van der Waals surface area contributed by atoms with Gasteiger partial charge in [-0.2, -0.15) is 0 Å². The van der Waals surface area contributed by atoms with Crippen LogP contribution in [0.1, 0.15) is 284 Å². The maximum atomic E-state index is 13.2. The lowest BCUT2D eigenvalue weighted by molar-refractivity contribution is -0.151. The maximum Gasteiger partial charge on any atom is 0.306 e. The van der Waals surface area contributed by atoms with E-state index >= 15 is 0 Å². The Bertz CT molecular complexity index is 878. The van der Waals surface area contributed by atoms with Crippen molar-refractivity contribution in [1.82, 2.24) is 5.32 Å². The molecule has 0 fully saturated rings. The van der Waals surface area contributed by atoms with Crippen LogP contribution in [-0.2, 0) is 14.3 Å². The zero-order chi connectivity index (χ0) is 42.4. The second-order valence-corrected chi connectivity index (χ2v) is 17.9. The summed E-state index contributed by atoms with van der Waals surface area (Å²) in [4.78, 5) is 26.1. The molecule has 0 aromatic rings. The van der Waals surface area contributed by atoms with Crippen molar-refractivity contribution in [2.24, 2.45) is 0 Å². The van der Waals surface area contributed by atoms with Gasteiger partial charge in [0.05, 0.1) is 25.2 Å². The Labute approximate surface area is 361 Å². The molecule has 1 amide bonds. The molecule has 0 aromatic carbocycles. The summed E-state index contributed by atoms with van der Waals surface area (Å²) in [5.41, 5.74) is 0. The van der Waals surface area contributed by atoms with Gasteiger partial charge in [-0.05, 0) is 44.9 Å². The first kappa shape index (κ1) is 56.6. The Kier molecular flexibility index (Phi) is 45.5. The van der Waals surface area contributed by atoms with Crippen LogP contribution in [0.25, 0.3) is 0 Å². The number of ether oxygens (including phenoxy) is 1. The van der Waals surface area contributed by atoms with E-state index in [9.17, 15) is 19.8 Å². The third-order valence-corrected chi connectivity index (χ3v) is 12.1. The van der Waals surface area contributed by atoms with Crippen molar-refractivity contribution in [2.75, 3.05) is 6.61 Å². The first-order valence-electron chi connectivity index (χ1n) is 25.9. The van der Waals surface area contributed by atoms with Gasteiger partial charge in [0, 0.05) is 6.42 Å². The molecule has 0 rings (SSSR count). The minimum Gasteiger partial charge on any atom is -0.462 e. The van der Waals surface area contributed by atoms with Crippen molar-refractivity contribution in [1.29, 1.82) is 0 Å². The summed E-state index contributed by atoms with van der Waals surface area (Å²) >= 11 is 0. The number of esters is 1. The van der Waals surface area contributed by atoms with Crippen molar-refractivity contribution >= 4 is 11.9 Å². The van der Waals surface area contributed by atoms with E-state index in [1.54, 1.807) is 0 Å². The number of carbonyl (C=O) groups is 2. The van der Waals surface area contributed by atoms with Crippen molar-refractivity contribution < 1.29 is 24.5 Å². The summed E-state index contributed by atoms with van der Waals surface area (Å²) < 4.78 is 5.92. The average Bonchev–Trinajstić information content (AvgIpc) is 3.22. The number of aliphatic hydroxyl groups is 2. The SMILES string of the molecule is CCC/C=C\CCCCCCCC(=O)OC(CCCCCCCCCCCCCCCC)CC(=O)NC(CO)C(O)CCCCCCCCCCCCCCCCC. The second kappa shape index (κ2) is 46.7. The van der Waals surface area contributed by atoms with E-state index in [1.165, 1.54) is 180 Å². The standard InChI is InChI=1S/C52H101NO5/c1-4-7-10-13-16-19-22-24-26-28-30-32-35-38-41-44-50(55)49(47-54)53-51(56)46-48(58-52(57)45-42-39-36-33-21-18-15-12-9-6-3)43-40-37-34-31-29-27-25-23-20-17-14-11-8-5-2/h12,15,48-50,54-55H,4-11,13-14,16-47H2,1-3H3,(H,53,56)/b15-12-. The summed E-state index contributed by atoms with van der Waals surface area (Å²) in [5.74, 6) is -0.469. The molecule has 6 nitrogen and oxygen atoms in total. The fourth-order valence-corrected chi connectivity index (χ4v) is 8.14. The molecule has 58 heavy (non-hydrogen) atoms. The van der Waals surface area contributed by atoms with Crippen LogP contribution in [0.2, 0.25) is 0 Å². The van der Waals surface area contributed by atoms with E-state index < -0.39 is 18.2 Å². The Balaban J connectivity index is 4.49. The lowest BCUT2D eigenvalue weighted by Gasteiger charge is -2.24. The van der Waals surface area contributed by atoms with Crippen LogP contribution in [0.5, 0.6) is 0 Å². The third kappa shape index (κ3) is 41.3. The van der Waals surface area contributed by atoms with Crippen molar-refractivity contribution in [3.05, 3.63) is 12.2 Å². The van der Waals surface area contributed by atoms with Gasteiger partial charge in [0.15, 0.2) is 0 Å². The number of aliphatic hydroxyl groups excluding tert-OH is 2. The van der Waals surface area contributed by atoms with Crippen LogP contribution in [-0.4, -0.2) is 46.9 Å². The zero-order valence-electron chi connectivity index (χ0n) is 39.2. The van der Waals surface area contributed by atoms with Gasteiger partial charge in [-0.3, -0.25) is 9.59 Å².